The van der Waals surface area contributed by atoms with Gasteiger partial charge in [-0.15, -0.1) is 0 Å². The van der Waals surface area contributed by atoms with E-state index in [1.165, 1.54) is 18.4 Å². The van der Waals surface area contributed by atoms with Gasteiger partial charge in [-0.3, -0.25) is 4.79 Å². The number of hydrogen-bond acceptors (Lipinski definition) is 3. The van der Waals surface area contributed by atoms with Crippen LogP contribution in [0.5, 0.6) is 0 Å². The second-order valence-corrected chi connectivity index (χ2v) is 5.57. The molecule has 2 atom stereocenters. The first-order valence-electron chi connectivity index (χ1n) is 6.71. The molecule has 2 fully saturated rings. The summed E-state index contributed by atoms with van der Waals surface area (Å²) in [5, 5.41) is 0. The summed E-state index contributed by atoms with van der Waals surface area (Å²) in [6.07, 6.45) is 7.00. The van der Waals surface area contributed by atoms with Crippen LogP contribution in [0.25, 0.3) is 0 Å². The van der Waals surface area contributed by atoms with Crippen LogP contribution in [0, 0.1) is 5.92 Å². The Morgan fingerprint density at radius 1 is 1.39 bits per heavy atom. The number of anilines is 1. The minimum atomic E-state index is -0.0545. The van der Waals surface area contributed by atoms with Crippen molar-refractivity contribution in [1.29, 1.82) is 0 Å². The van der Waals surface area contributed by atoms with Gasteiger partial charge in [-0.05, 0) is 43.2 Å². The van der Waals surface area contributed by atoms with E-state index in [1.807, 2.05) is 12.3 Å². The van der Waals surface area contributed by atoms with Crippen molar-refractivity contribution in [2.75, 3.05) is 12.8 Å². The molecule has 0 bridgehead atoms. The number of rotatable bonds is 4. The lowest BCUT2D eigenvalue weighted by atomic mass is 9.81. The summed E-state index contributed by atoms with van der Waals surface area (Å²) in [4.78, 5) is 12.0. The van der Waals surface area contributed by atoms with E-state index >= 15 is 0 Å². The van der Waals surface area contributed by atoms with Crippen LogP contribution in [0.4, 0.5) is 5.69 Å². The van der Waals surface area contributed by atoms with E-state index < -0.39 is 0 Å². The molecule has 0 amide bonds. The Balaban J connectivity index is 1.83. The van der Waals surface area contributed by atoms with Gasteiger partial charge < -0.3 is 15.0 Å². The van der Waals surface area contributed by atoms with Gasteiger partial charge in [0.25, 0.3) is 5.56 Å². The van der Waals surface area contributed by atoms with Crippen molar-refractivity contribution in [3.05, 3.63) is 28.2 Å². The lowest BCUT2D eigenvalue weighted by Crippen LogP contribution is -2.38. The Hall–Kier alpha value is -1.29. The molecule has 18 heavy (non-hydrogen) atoms. The van der Waals surface area contributed by atoms with Gasteiger partial charge in [0.05, 0.1) is 11.8 Å². The highest BCUT2D eigenvalue weighted by Gasteiger charge is 2.32. The van der Waals surface area contributed by atoms with E-state index in [4.69, 9.17) is 10.5 Å². The zero-order chi connectivity index (χ0) is 12.7. The first-order chi connectivity index (χ1) is 8.69. The number of nitrogen functional groups attached to an aromatic ring is 1. The van der Waals surface area contributed by atoms with Crippen molar-refractivity contribution in [3.8, 4) is 0 Å². The average molecular weight is 248 g/mol. The van der Waals surface area contributed by atoms with E-state index in [0.29, 0.717) is 23.6 Å². The highest BCUT2D eigenvalue weighted by atomic mass is 16.5. The number of methoxy groups -OCH3 is 1. The molecule has 3 rings (SSSR count). The number of hydrogen-bond donors (Lipinski definition) is 1. The molecule has 98 valence electrons. The van der Waals surface area contributed by atoms with Crippen LogP contribution in [0.15, 0.2) is 17.1 Å². The molecule has 1 heterocycles. The van der Waals surface area contributed by atoms with Crippen molar-refractivity contribution in [2.24, 2.45) is 5.92 Å². The van der Waals surface area contributed by atoms with Crippen LogP contribution in [0.2, 0.25) is 0 Å². The van der Waals surface area contributed by atoms with Gasteiger partial charge >= 0.3 is 0 Å². The lowest BCUT2D eigenvalue weighted by Gasteiger charge is -2.35. The van der Waals surface area contributed by atoms with Crippen molar-refractivity contribution >= 4 is 5.69 Å². The highest BCUT2D eigenvalue weighted by molar-refractivity contribution is 5.40. The Bertz CT molecular complexity index is 503. The maximum atomic E-state index is 12.0. The van der Waals surface area contributed by atoms with Crippen LogP contribution >= 0.6 is 0 Å². The molecule has 0 aliphatic heterocycles. The summed E-state index contributed by atoms with van der Waals surface area (Å²) in [6, 6.07) is 1.85. The van der Waals surface area contributed by atoms with Crippen LogP contribution in [0.3, 0.4) is 0 Å². The van der Waals surface area contributed by atoms with Crippen LogP contribution in [-0.4, -0.2) is 17.8 Å². The molecule has 4 nitrogen and oxygen atoms in total. The summed E-state index contributed by atoms with van der Waals surface area (Å²) < 4.78 is 7.17. The van der Waals surface area contributed by atoms with Crippen LogP contribution in [0.1, 0.15) is 37.2 Å². The summed E-state index contributed by atoms with van der Waals surface area (Å²) in [6.45, 7) is 0.738. The Morgan fingerprint density at radius 3 is 2.72 bits per heavy atom. The summed E-state index contributed by atoms with van der Waals surface area (Å²) >= 11 is 0. The minimum absolute atomic E-state index is 0.0545. The number of aromatic nitrogens is 1. The van der Waals surface area contributed by atoms with Gasteiger partial charge in [0.2, 0.25) is 0 Å². The van der Waals surface area contributed by atoms with Gasteiger partial charge in [0.15, 0.2) is 0 Å². The van der Waals surface area contributed by atoms with Crippen LogP contribution < -0.4 is 11.3 Å². The normalized spacial score (nSPS) is 26.9. The molecule has 0 saturated heterocycles. The first kappa shape index (κ1) is 11.8. The molecule has 0 aromatic carbocycles. The molecule has 2 aliphatic carbocycles. The van der Waals surface area contributed by atoms with E-state index in [-0.39, 0.29) is 5.56 Å². The molecule has 4 heteroatoms. The fraction of sp³-hybridized carbons (Fsp3) is 0.643. The third kappa shape index (κ3) is 2.05. The van der Waals surface area contributed by atoms with E-state index in [2.05, 4.69) is 0 Å². The number of nitrogens with two attached hydrogens (primary N) is 1. The van der Waals surface area contributed by atoms with Crippen molar-refractivity contribution in [2.45, 2.75) is 44.2 Å². The molecule has 2 aliphatic rings. The standard InChI is InChI=1S/C14H20N2O2/c1-18-13-5-4-10(13)7-16-8-11(9-2-3-9)6-12(15)14(16)17/h6,8-10,13H,2-5,7,15H2,1H3/t10?,13-/m0/s1. The SMILES string of the molecule is CO[C@H]1CCC1Cn1cc(C2CC2)cc(N)c1=O. The van der Waals surface area contributed by atoms with Gasteiger partial charge in [0, 0.05) is 25.8 Å². The van der Waals surface area contributed by atoms with Gasteiger partial charge in [0.1, 0.15) is 0 Å². The average Bonchev–Trinajstić information content (AvgIpc) is 3.14. The quantitative estimate of drug-likeness (QED) is 0.883. The number of pyridine rings is 1. The van der Waals surface area contributed by atoms with Gasteiger partial charge in [-0.1, -0.05) is 0 Å². The fourth-order valence-electron chi connectivity index (χ4n) is 2.77. The molecule has 0 spiro atoms. The molecule has 1 unspecified atom stereocenters. The van der Waals surface area contributed by atoms with E-state index in [9.17, 15) is 4.79 Å². The predicted molar refractivity (Wildman–Crippen MR) is 70.6 cm³/mol. The zero-order valence-electron chi connectivity index (χ0n) is 10.8. The predicted octanol–water partition coefficient (Wildman–Crippen LogP) is 1.73. The van der Waals surface area contributed by atoms with Gasteiger partial charge in [-0.25, -0.2) is 0 Å². The Morgan fingerprint density at radius 2 is 2.17 bits per heavy atom. The summed E-state index contributed by atoms with van der Waals surface area (Å²) in [7, 11) is 1.74. The Kier molecular flexibility index (Phi) is 2.90. The third-order valence-electron chi connectivity index (χ3n) is 4.27. The number of ether oxygens (including phenoxy) is 1. The second-order valence-electron chi connectivity index (χ2n) is 5.57. The Labute approximate surface area is 107 Å². The minimum Gasteiger partial charge on any atom is -0.394 e. The third-order valence-corrected chi connectivity index (χ3v) is 4.27. The molecule has 2 saturated carbocycles. The first-order valence-corrected chi connectivity index (χ1v) is 6.71. The van der Waals surface area contributed by atoms with Crippen molar-refractivity contribution < 1.29 is 4.74 Å². The zero-order valence-corrected chi connectivity index (χ0v) is 10.8. The molecular weight excluding hydrogens is 228 g/mol. The maximum absolute atomic E-state index is 12.0. The molecule has 0 radical (unpaired) electrons. The van der Waals surface area contributed by atoms with Crippen molar-refractivity contribution in [3.63, 3.8) is 0 Å². The summed E-state index contributed by atoms with van der Waals surface area (Å²) in [5.41, 5.74) is 7.38. The van der Waals surface area contributed by atoms with Crippen LogP contribution in [-0.2, 0) is 11.3 Å². The topological polar surface area (TPSA) is 57.2 Å². The second kappa shape index (κ2) is 4.43. The largest absolute Gasteiger partial charge is 0.394 e. The monoisotopic (exact) mass is 248 g/mol. The van der Waals surface area contributed by atoms with Crippen molar-refractivity contribution in [1.82, 2.24) is 4.57 Å². The lowest BCUT2D eigenvalue weighted by molar-refractivity contribution is -0.0236. The highest BCUT2D eigenvalue weighted by Crippen LogP contribution is 2.40. The fourth-order valence-corrected chi connectivity index (χ4v) is 2.77. The molecule has 1 aromatic rings. The molecule has 1 aromatic heterocycles. The van der Waals surface area contributed by atoms with E-state index in [0.717, 1.165) is 19.4 Å². The molecular formula is C14H20N2O2. The molecule has 2 N–H and O–H groups in total. The number of nitrogens with zero attached hydrogens (tertiary/aromatic N) is 1. The van der Waals surface area contributed by atoms with E-state index in [1.54, 1.807) is 11.7 Å². The summed E-state index contributed by atoms with van der Waals surface area (Å²) in [5.74, 6) is 1.08. The smallest absolute Gasteiger partial charge is 0.273 e. The maximum Gasteiger partial charge on any atom is 0.273 e. The van der Waals surface area contributed by atoms with Gasteiger partial charge in [-0.2, -0.15) is 0 Å².